The zero-order chi connectivity index (χ0) is 23.5. The van der Waals surface area contributed by atoms with E-state index in [1.807, 2.05) is 48.7 Å². The van der Waals surface area contributed by atoms with Gasteiger partial charge in [0.15, 0.2) is 0 Å². The van der Waals surface area contributed by atoms with Gasteiger partial charge in [-0.05, 0) is 61.9 Å². The molecule has 0 fully saturated rings. The molecular formula is C26H27N7O. The molecule has 8 heteroatoms. The number of carbonyl (C=O) groups excluding carboxylic acids is 1. The fourth-order valence-electron chi connectivity index (χ4n) is 4.10. The van der Waals surface area contributed by atoms with Gasteiger partial charge in [0.05, 0.1) is 17.9 Å². The Kier molecular flexibility index (Phi) is 6.07. The molecule has 2 aromatic heterocycles. The number of nitrogens with two attached hydrogens (primary N) is 2. The highest BCUT2D eigenvalue weighted by Gasteiger charge is 2.13. The Hall–Kier alpha value is -4.01. The van der Waals surface area contributed by atoms with Crippen LogP contribution in [0.1, 0.15) is 19.3 Å². The quantitative estimate of drug-likeness (QED) is 0.264. The second kappa shape index (κ2) is 9.46. The first kappa shape index (κ1) is 21.8. The van der Waals surface area contributed by atoms with Gasteiger partial charge in [0, 0.05) is 33.1 Å². The lowest BCUT2D eigenvalue weighted by molar-refractivity contribution is -0.117. The van der Waals surface area contributed by atoms with Crippen LogP contribution in [0.4, 0.5) is 5.69 Å². The number of benzene rings is 3. The molecule has 5 rings (SSSR count). The Morgan fingerprint density at radius 3 is 2.62 bits per heavy atom. The summed E-state index contributed by atoms with van der Waals surface area (Å²) >= 11 is 0. The summed E-state index contributed by atoms with van der Waals surface area (Å²) in [6.07, 6.45) is 4.22. The topological polar surface area (TPSA) is 128 Å². The van der Waals surface area contributed by atoms with E-state index in [0.29, 0.717) is 18.7 Å². The number of hydrogen-bond acceptors (Lipinski definition) is 5. The van der Waals surface area contributed by atoms with E-state index >= 15 is 0 Å². The lowest BCUT2D eigenvalue weighted by Crippen LogP contribution is -2.35. The van der Waals surface area contributed by atoms with Gasteiger partial charge in [-0.3, -0.25) is 4.79 Å². The molecule has 1 atom stereocenters. The summed E-state index contributed by atoms with van der Waals surface area (Å²) in [5, 5.41) is 13.9. The van der Waals surface area contributed by atoms with Crippen LogP contribution in [0.15, 0.2) is 72.9 Å². The van der Waals surface area contributed by atoms with Crippen molar-refractivity contribution in [3.05, 3.63) is 72.9 Å². The second-order valence-corrected chi connectivity index (χ2v) is 8.41. The van der Waals surface area contributed by atoms with Gasteiger partial charge in [-0.25, -0.2) is 4.68 Å². The number of nitrogens with zero attached hydrogens (tertiary/aromatic N) is 3. The van der Waals surface area contributed by atoms with Crippen molar-refractivity contribution in [2.24, 2.45) is 11.5 Å². The molecule has 0 aliphatic carbocycles. The minimum Gasteiger partial charge on any atom is -0.355 e. The molecule has 0 spiro atoms. The van der Waals surface area contributed by atoms with Crippen LogP contribution in [-0.2, 0) is 4.79 Å². The minimum absolute atomic E-state index is 0.194. The zero-order valence-corrected chi connectivity index (χ0v) is 18.7. The van der Waals surface area contributed by atoms with E-state index in [9.17, 15) is 4.79 Å². The number of anilines is 1. The summed E-state index contributed by atoms with van der Waals surface area (Å²) < 4.78 is 1.72. The first-order chi connectivity index (χ1) is 16.6. The number of H-pyrrole nitrogens is 1. The second-order valence-electron chi connectivity index (χ2n) is 8.41. The number of para-hydroxylation sites is 1. The number of fused-ring (bicyclic) bond motifs is 3. The molecule has 0 radical (unpaired) electrons. The lowest BCUT2D eigenvalue weighted by atomic mass is 10.1. The molecule has 5 aromatic rings. The van der Waals surface area contributed by atoms with E-state index < -0.39 is 6.04 Å². The van der Waals surface area contributed by atoms with Crippen molar-refractivity contribution in [2.45, 2.75) is 25.3 Å². The summed E-state index contributed by atoms with van der Waals surface area (Å²) in [6.45, 7) is 0.609. The molecule has 8 nitrogen and oxygen atoms in total. The Labute approximate surface area is 196 Å². The number of rotatable bonds is 8. The fraction of sp³-hybridized carbons (Fsp3) is 0.192. The number of hydrogen-bond donors (Lipinski definition) is 4. The van der Waals surface area contributed by atoms with Crippen LogP contribution >= 0.6 is 0 Å². The maximum atomic E-state index is 12.3. The molecule has 6 N–H and O–H groups in total. The van der Waals surface area contributed by atoms with Crippen molar-refractivity contribution < 1.29 is 4.79 Å². The Bertz CT molecular complexity index is 1430. The van der Waals surface area contributed by atoms with Crippen LogP contribution in [0, 0.1) is 0 Å². The summed E-state index contributed by atoms with van der Waals surface area (Å²) in [7, 11) is 0. The normalized spacial score (nSPS) is 12.3. The van der Waals surface area contributed by atoms with E-state index in [0.717, 1.165) is 46.2 Å². The van der Waals surface area contributed by atoms with Gasteiger partial charge in [-0.1, -0.05) is 35.9 Å². The first-order valence-electron chi connectivity index (χ1n) is 11.4. The molecule has 2 heterocycles. The highest BCUT2D eigenvalue weighted by molar-refractivity contribution is 6.08. The third-order valence-electron chi connectivity index (χ3n) is 6.00. The van der Waals surface area contributed by atoms with E-state index in [1.165, 1.54) is 5.39 Å². The van der Waals surface area contributed by atoms with Crippen molar-refractivity contribution >= 4 is 33.4 Å². The number of unbranched alkanes of at least 4 members (excludes halogenated alkanes) is 1. The van der Waals surface area contributed by atoms with Gasteiger partial charge < -0.3 is 21.8 Å². The predicted molar refractivity (Wildman–Crippen MR) is 136 cm³/mol. The Morgan fingerprint density at radius 2 is 1.79 bits per heavy atom. The molecule has 0 aliphatic rings. The van der Waals surface area contributed by atoms with Gasteiger partial charge in [0.25, 0.3) is 0 Å². The predicted octanol–water partition coefficient (Wildman–Crippen LogP) is 3.96. The first-order valence-corrected chi connectivity index (χ1v) is 11.4. The van der Waals surface area contributed by atoms with Crippen molar-refractivity contribution in [3.8, 4) is 16.9 Å². The van der Waals surface area contributed by atoms with Crippen LogP contribution < -0.4 is 16.8 Å². The number of carbonyl (C=O) groups is 1. The maximum absolute atomic E-state index is 12.3. The molecule has 1 unspecified atom stereocenters. The molecule has 34 heavy (non-hydrogen) atoms. The summed E-state index contributed by atoms with van der Waals surface area (Å²) in [5.74, 6) is -0.194. The molecular weight excluding hydrogens is 426 g/mol. The van der Waals surface area contributed by atoms with Gasteiger partial charge in [0.2, 0.25) is 5.91 Å². The summed E-state index contributed by atoms with van der Waals surface area (Å²) in [5.41, 5.74) is 17.0. The average molecular weight is 454 g/mol. The zero-order valence-electron chi connectivity index (χ0n) is 18.7. The monoisotopic (exact) mass is 453 g/mol. The van der Waals surface area contributed by atoms with Crippen LogP contribution in [0.2, 0.25) is 0 Å². The van der Waals surface area contributed by atoms with Crippen LogP contribution in [0.25, 0.3) is 38.8 Å². The molecule has 172 valence electrons. The van der Waals surface area contributed by atoms with E-state index in [1.54, 1.807) is 4.68 Å². The summed E-state index contributed by atoms with van der Waals surface area (Å²) in [6, 6.07) is 21.4. The minimum atomic E-state index is -0.543. The molecule has 0 saturated carbocycles. The SMILES string of the molecule is NCCCCC(N)C(=O)Nc1ccc(-n2cc(-c3ccc4[nH]c5ccccc5c4c3)nn2)cc1. The largest absolute Gasteiger partial charge is 0.355 e. The fourth-order valence-corrected chi connectivity index (χ4v) is 4.10. The lowest BCUT2D eigenvalue weighted by Gasteiger charge is -2.12. The molecule has 1 amide bonds. The number of amides is 1. The van der Waals surface area contributed by atoms with E-state index in [4.69, 9.17) is 11.5 Å². The van der Waals surface area contributed by atoms with Gasteiger partial charge in [-0.15, -0.1) is 5.10 Å². The van der Waals surface area contributed by atoms with E-state index in [2.05, 4.69) is 44.9 Å². The van der Waals surface area contributed by atoms with Crippen molar-refractivity contribution in [2.75, 3.05) is 11.9 Å². The standard InChI is InChI=1S/C26H27N7O/c27-14-4-3-6-22(28)26(34)29-18-9-11-19(12-10-18)33-16-25(31-32-33)17-8-13-24-21(15-17)20-5-1-2-7-23(20)30-24/h1-2,5,7-13,15-16,22,30H,3-4,6,14,27-28H2,(H,29,34). The number of nitrogens with one attached hydrogen (secondary N) is 2. The third-order valence-corrected chi connectivity index (χ3v) is 6.00. The smallest absolute Gasteiger partial charge is 0.241 e. The Morgan fingerprint density at radius 1 is 1.00 bits per heavy atom. The number of aromatic nitrogens is 4. The molecule has 0 bridgehead atoms. The van der Waals surface area contributed by atoms with Crippen LogP contribution in [-0.4, -0.2) is 38.5 Å². The van der Waals surface area contributed by atoms with Crippen molar-refractivity contribution in [1.29, 1.82) is 0 Å². The summed E-state index contributed by atoms with van der Waals surface area (Å²) in [4.78, 5) is 15.7. The Balaban J connectivity index is 1.31. The number of aromatic amines is 1. The third kappa shape index (κ3) is 4.41. The van der Waals surface area contributed by atoms with E-state index in [-0.39, 0.29) is 5.91 Å². The van der Waals surface area contributed by atoms with Gasteiger partial charge in [0.1, 0.15) is 5.69 Å². The van der Waals surface area contributed by atoms with Crippen molar-refractivity contribution in [1.82, 2.24) is 20.0 Å². The van der Waals surface area contributed by atoms with Crippen LogP contribution in [0.5, 0.6) is 0 Å². The van der Waals surface area contributed by atoms with Crippen molar-refractivity contribution in [3.63, 3.8) is 0 Å². The highest BCUT2D eigenvalue weighted by Crippen LogP contribution is 2.29. The van der Waals surface area contributed by atoms with Gasteiger partial charge in [-0.2, -0.15) is 0 Å². The van der Waals surface area contributed by atoms with Gasteiger partial charge >= 0.3 is 0 Å². The molecule has 0 saturated heterocycles. The molecule has 3 aromatic carbocycles. The average Bonchev–Trinajstić information content (AvgIpc) is 3.49. The molecule has 0 aliphatic heterocycles. The van der Waals surface area contributed by atoms with Crippen LogP contribution in [0.3, 0.4) is 0 Å². The maximum Gasteiger partial charge on any atom is 0.241 e. The highest BCUT2D eigenvalue weighted by atomic mass is 16.2.